The molecule has 3 nitrogen and oxygen atoms in total. The zero-order valence-corrected chi connectivity index (χ0v) is 10.2. The Hall–Kier alpha value is 0.0500. The van der Waals surface area contributed by atoms with Crippen LogP contribution in [0.25, 0.3) is 11.5 Å². The van der Waals surface area contributed by atoms with E-state index in [0.29, 0.717) is 9.79 Å². The minimum Gasteiger partial charge on any atom is -0.412 e. The lowest BCUT2D eigenvalue weighted by Crippen LogP contribution is -1.71. The monoisotopic (exact) mass is 356 g/mol. The van der Waals surface area contributed by atoms with E-state index in [1.54, 1.807) is 11.3 Å². The standard InChI is InChI=1S/C6H2BrIN2OS/c7-4-1-3(2-12-4)5-9-10-6(8)11-5/h1-2H. The van der Waals surface area contributed by atoms with Gasteiger partial charge in [0.25, 0.3) is 3.90 Å². The van der Waals surface area contributed by atoms with Gasteiger partial charge in [0.2, 0.25) is 5.89 Å². The van der Waals surface area contributed by atoms with Crippen molar-refractivity contribution in [3.8, 4) is 11.5 Å². The maximum absolute atomic E-state index is 5.23. The molecule has 0 aliphatic rings. The van der Waals surface area contributed by atoms with Crippen molar-refractivity contribution in [3.05, 3.63) is 19.1 Å². The van der Waals surface area contributed by atoms with Crippen LogP contribution in [0.1, 0.15) is 0 Å². The predicted octanol–water partition coefficient (Wildman–Crippen LogP) is 3.17. The van der Waals surface area contributed by atoms with Crippen molar-refractivity contribution in [1.29, 1.82) is 0 Å². The molecule has 62 valence electrons. The van der Waals surface area contributed by atoms with Crippen LogP contribution in [0, 0.1) is 3.90 Å². The van der Waals surface area contributed by atoms with E-state index >= 15 is 0 Å². The minimum absolute atomic E-state index is 0.560. The van der Waals surface area contributed by atoms with E-state index in [1.165, 1.54) is 0 Å². The summed E-state index contributed by atoms with van der Waals surface area (Å²) in [5.41, 5.74) is 0.960. The molecule has 0 aromatic carbocycles. The third-order valence-electron chi connectivity index (χ3n) is 1.21. The average molecular weight is 357 g/mol. The number of aromatic nitrogens is 2. The van der Waals surface area contributed by atoms with Crippen LogP contribution in [0.4, 0.5) is 0 Å². The molecule has 0 saturated carbocycles. The summed E-state index contributed by atoms with van der Waals surface area (Å²) in [6, 6.07) is 1.95. The van der Waals surface area contributed by atoms with Gasteiger partial charge in [-0.2, -0.15) is 0 Å². The van der Waals surface area contributed by atoms with Crippen molar-refractivity contribution in [3.63, 3.8) is 0 Å². The molecule has 0 saturated heterocycles. The fraction of sp³-hybridized carbons (Fsp3) is 0. The van der Waals surface area contributed by atoms with Gasteiger partial charge in [-0.15, -0.1) is 21.5 Å². The largest absolute Gasteiger partial charge is 0.412 e. The van der Waals surface area contributed by atoms with Crippen LogP contribution in [0.3, 0.4) is 0 Å². The first-order chi connectivity index (χ1) is 5.75. The Kier molecular flexibility index (Phi) is 2.47. The van der Waals surface area contributed by atoms with Crippen LogP contribution >= 0.6 is 49.9 Å². The molecular formula is C6H2BrIN2OS. The number of nitrogens with zero attached hydrogens (tertiary/aromatic N) is 2. The van der Waals surface area contributed by atoms with Gasteiger partial charge in [0.05, 0.1) is 9.35 Å². The molecule has 2 aromatic heterocycles. The molecule has 0 aliphatic carbocycles. The molecule has 0 aliphatic heterocycles. The molecule has 0 N–H and O–H groups in total. The molecule has 0 bridgehead atoms. The molecule has 0 radical (unpaired) electrons. The third kappa shape index (κ3) is 1.69. The van der Waals surface area contributed by atoms with Gasteiger partial charge in [-0.25, -0.2) is 0 Å². The Morgan fingerprint density at radius 2 is 2.33 bits per heavy atom. The maximum atomic E-state index is 5.23. The molecule has 12 heavy (non-hydrogen) atoms. The van der Waals surface area contributed by atoms with Gasteiger partial charge < -0.3 is 4.42 Å². The summed E-state index contributed by atoms with van der Waals surface area (Å²) in [7, 11) is 0. The highest BCUT2D eigenvalue weighted by atomic mass is 127. The van der Waals surface area contributed by atoms with Crippen molar-refractivity contribution >= 4 is 49.9 Å². The fourth-order valence-electron chi connectivity index (χ4n) is 0.744. The van der Waals surface area contributed by atoms with E-state index in [-0.39, 0.29) is 0 Å². The first-order valence-corrected chi connectivity index (χ1v) is 5.74. The van der Waals surface area contributed by atoms with E-state index in [9.17, 15) is 0 Å². The lowest BCUT2D eigenvalue weighted by molar-refractivity contribution is 0.537. The summed E-state index contributed by atoms with van der Waals surface area (Å²) in [6.45, 7) is 0. The van der Waals surface area contributed by atoms with Gasteiger partial charge in [-0.05, 0) is 22.0 Å². The van der Waals surface area contributed by atoms with Crippen LogP contribution in [-0.4, -0.2) is 10.2 Å². The molecular weight excluding hydrogens is 355 g/mol. The highest BCUT2D eigenvalue weighted by molar-refractivity contribution is 14.1. The van der Waals surface area contributed by atoms with E-state index in [0.717, 1.165) is 9.35 Å². The Labute approximate surface area is 94.5 Å². The van der Waals surface area contributed by atoms with E-state index in [2.05, 4.69) is 26.1 Å². The van der Waals surface area contributed by atoms with Crippen LogP contribution in [0.5, 0.6) is 0 Å². The second-order valence-electron chi connectivity index (χ2n) is 2.00. The van der Waals surface area contributed by atoms with Crippen LogP contribution in [0.15, 0.2) is 19.6 Å². The summed E-state index contributed by atoms with van der Waals surface area (Å²) >= 11 is 6.94. The highest BCUT2D eigenvalue weighted by Gasteiger charge is 2.07. The molecule has 2 heterocycles. The Balaban J connectivity index is 2.43. The highest BCUT2D eigenvalue weighted by Crippen LogP contribution is 2.28. The van der Waals surface area contributed by atoms with Gasteiger partial charge in [0.1, 0.15) is 0 Å². The van der Waals surface area contributed by atoms with Crippen molar-refractivity contribution < 1.29 is 4.42 Å². The Morgan fingerprint density at radius 1 is 1.50 bits per heavy atom. The van der Waals surface area contributed by atoms with Gasteiger partial charge in [-0.3, -0.25) is 0 Å². The van der Waals surface area contributed by atoms with E-state index < -0.39 is 0 Å². The molecule has 0 amide bonds. The van der Waals surface area contributed by atoms with Crippen molar-refractivity contribution in [1.82, 2.24) is 10.2 Å². The molecule has 2 aromatic rings. The third-order valence-corrected chi connectivity index (χ3v) is 3.16. The van der Waals surface area contributed by atoms with E-state index in [4.69, 9.17) is 4.42 Å². The van der Waals surface area contributed by atoms with Crippen molar-refractivity contribution in [2.75, 3.05) is 0 Å². The second-order valence-corrected chi connectivity index (χ2v) is 5.21. The van der Waals surface area contributed by atoms with Gasteiger partial charge in [-0.1, -0.05) is 0 Å². The Bertz CT molecular complexity index is 361. The second kappa shape index (κ2) is 3.43. The summed E-state index contributed by atoms with van der Waals surface area (Å²) in [4.78, 5) is 0. The smallest absolute Gasteiger partial charge is 0.278 e. The molecule has 6 heteroatoms. The average Bonchev–Trinajstić information content (AvgIpc) is 2.58. The van der Waals surface area contributed by atoms with E-state index in [1.807, 2.05) is 34.0 Å². The molecule has 2 rings (SSSR count). The fourth-order valence-corrected chi connectivity index (χ4v) is 2.19. The predicted molar refractivity (Wildman–Crippen MR) is 58.0 cm³/mol. The first-order valence-electron chi connectivity index (χ1n) is 2.99. The number of halogens is 2. The molecule has 0 spiro atoms. The zero-order chi connectivity index (χ0) is 8.55. The number of hydrogen-bond donors (Lipinski definition) is 0. The van der Waals surface area contributed by atoms with Gasteiger partial charge in [0, 0.05) is 28.0 Å². The summed E-state index contributed by atoms with van der Waals surface area (Å²) in [5, 5.41) is 9.59. The quantitative estimate of drug-likeness (QED) is 0.737. The van der Waals surface area contributed by atoms with Crippen LogP contribution < -0.4 is 0 Å². The number of hydrogen-bond acceptors (Lipinski definition) is 4. The van der Waals surface area contributed by atoms with Crippen LogP contribution in [-0.2, 0) is 0 Å². The van der Waals surface area contributed by atoms with Crippen LogP contribution in [0.2, 0.25) is 0 Å². The SMILES string of the molecule is Brc1cc(-c2nnc(I)o2)cs1. The molecule has 0 fully saturated rings. The lowest BCUT2D eigenvalue weighted by atomic mass is 10.3. The van der Waals surface area contributed by atoms with Gasteiger partial charge in [0.15, 0.2) is 0 Å². The molecule has 0 atom stereocenters. The normalized spacial score (nSPS) is 10.5. The summed E-state index contributed by atoms with van der Waals surface area (Å²) in [5.74, 6) is 0.571. The minimum atomic E-state index is 0.560. The summed E-state index contributed by atoms with van der Waals surface area (Å²) in [6.07, 6.45) is 0. The first kappa shape index (κ1) is 8.64. The van der Waals surface area contributed by atoms with Gasteiger partial charge >= 0.3 is 0 Å². The topological polar surface area (TPSA) is 38.9 Å². The number of thiophene rings is 1. The number of rotatable bonds is 1. The maximum Gasteiger partial charge on any atom is 0.278 e. The summed E-state index contributed by atoms with van der Waals surface area (Å²) < 4.78 is 6.85. The lowest BCUT2D eigenvalue weighted by Gasteiger charge is -1.82. The van der Waals surface area contributed by atoms with Crippen molar-refractivity contribution in [2.24, 2.45) is 0 Å². The van der Waals surface area contributed by atoms with Crippen molar-refractivity contribution in [2.45, 2.75) is 0 Å². The molecule has 0 unspecified atom stereocenters. The Morgan fingerprint density at radius 3 is 2.83 bits per heavy atom. The zero-order valence-electron chi connectivity index (χ0n) is 5.62.